The number of nitrogens with zero attached hydrogens (tertiary/aromatic N) is 1. The Hall–Kier alpha value is -1.94. The van der Waals surface area contributed by atoms with Gasteiger partial charge >= 0.3 is 0 Å². The lowest BCUT2D eigenvalue weighted by Crippen LogP contribution is -2.03. The lowest BCUT2D eigenvalue weighted by molar-refractivity contribution is 0.338. The Bertz CT molecular complexity index is 718. The molecule has 1 heterocycles. The first-order chi connectivity index (χ1) is 10.7. The van der Waals surface area contributed by atoms with Crippen LogP contribution in [-0.4, -0.2) is 22.3 Å². The molecule has 0 spiro atoms. The third-order valence-corrected chi connectivity index (χ3v) is 4.33. The molecule has 1 N–H and O–H groups in total. The first kappa shape index (κ1) is 15.0. The summed E-state index contributed by atoms with van der Waals surface area (Å²) in [6, 6.07) is 16.3. The number of thioether (sulfide) groups is 1. The minimum atomic E-state index is 0.472. The molecule has 0 amide bonds. The van der Waals surface area contributed by atoms with Crippen molar-refractivity contribution in [3.05, 3.63) is 54.1 Å². The fraction of sp³-hybridized carbons (Fsp3) is 0.278. The van der Waals surface area contributed by atoms with Gasteiger partial charge in [0.15, 0.2) is 5.16 Å². The van der Waals surface area contributed by atoms with E-state index >= 15 is 0 Å². The van der Waals surface area contributed by atoms with Gasteiger partial charge in [-0.2, -0.15) is 0 Å². The number of rotatable bonds is 6. The fourth-order valence-corrected chi connectivity index (χ4v) is 3.08. The van der Waals surface area contributed by atoms with Crippen LogP contribution in [0.25, 0.3) is 11.0 Å². The zero-order valence-electron chi connectivity index (χ0n) is 12.9. The summed E-state index contributed by atoms with van der Waals surface area (Å²) in [6.07, 6.45) is 0. The van der Waals surface area contributed by atoms with Gasteiger partial charge in [-0.05, 0) is 29.7 Å². The van der Waals surface area contributed by atoms with Gasteiger partial charge in [0.25, 0.3) is 0 Å². The highest BCUT2D eigenvalue weighted by molar-refractivity contribution is 7.99. The number of para-hydroxylation sites is 3. The zero-order chi connectivity index (χ0) is 15.4. The maximum absolute atomic E-state index is 5.93. The molecule has 0 aliphatic heterocycles. The van der Waals surface area contributed by atoms with E-state index in [0.717, 1.165) is 27.7 Å². The second-order valence-electron chi connectivity index (χ2n) is 5.45. The molecule has 0 aliphatic carbocycles. The number of benzene rings is 2. The predicted octanol–water partition coefficient (Wildman–Crippen LogP) is 4.86. The second-order valence-corrected chi connectivity index (χ2v) is 6.53. The van der Waals surface area contributed by atoms with Crippen LogP contribution in [-0.2, 0) is 0 Å². The van der Waals surface area contributed by atoms with Crippen molar-refractivity contribution in [1.82, 2.24) is 9.97 Å². The number of imidazole rings is 1. The monoisotopic (exact) mass is 312 g/mol. The highest BCUT2D eigenvalue weighted by atomic mass is 32.2. The zero-order valence-corrected chi connectivity index (χ0v) is 13.7. The molecule has 3 rings (SSSR count). The largest absolute Gasteiger partial charge is 0.492 e. The van der Waals surface area contributed by atoms with E-state index in [9.17, 15) is 0 Å². The molecule has 0 atom stereocenters. The molecule has 0 saturated carbocycles. The maximum Gasteiger partial charge on any atom is 0.166 e. The van der Waals surface area contributed by atoms with E-state index in [1.165, 1.54) is 5.56 Å². The molecule has 3 nitrogen and oxygen atoms in total. The number of ether oxygens (including phenoxy) is 1. The predicted molar refractivity (Wildman–Crippen MR) is 92.8 cm³/mol. The molecule has 0 radical (unpaired) electrons. The average molecular weight is 312 g/mol. The van der Waals surface area contributed by atoms with Gasteiger partial charge in [0.05, 0.1) is 17.6 Å². The van der Waals surface area contributed by atoms with Crippen molar-refractivity contribution < 1.29 is 4.74 Å². The summed E-state index contributed by atoms with van der Waals surface area (Å²) in [5.41, 5.74) is 3.35. The van der Waals surface area contributed by atoms with Gasteiger partial charge in [-0.3, -0.25) is 0 Å². The van der Waals surface area contributed by atoms with E-state index in [0.29, 0.717) is 12.5 Å². The lowest BCUT2D eigenvalue weighted by atomic mass is 10.0. The Labute approximate surface area is 135 Å². The second kappa shape index (κ2) is 6.88. The molecule has 0 saturated heterocycles. The minimum absolute atomic E-state index is 0.472. The van der Waals surface area contributed by atoms with Crippen LogP contribution >= 0.6 is 11.8 Å². The third-order valence-electron chi connectivity index (χ3n) is 3.49. The highest BCUT2D eigenvalue weighted by Gasteiger charge is 2.07. The Morgan fingerprint density at radius 2 is 1.86 bits per heavy atom. The number of aromatic amines is 1. The SMILES string of the molecule is CC(C)c1ccccc1OCCSc1nc2ccccc2[nH]1. The van der Waals surface area contributed by atoms with Crippen molar-refractivity contribution in [2.45, 2.75) is 24.9 Å². The fourth-order valence-electron chi connectivity index (χ4n) is 2.38. The normalized spacial score (nSPS) is 11.2. The van der Waals surface area contributed by atoms with E-state index in [1.54, 1.807) is 11.8 Å². The van der Waals surface area contributed by atoms with Crippen LogP contribution in [0, 0.1) is 0 Å². The number of H-pyrrole nitrogens is 1. The summed E-state index contributed by atoms with van der Waals surface area (Å²) in [5, 5.41) is 0.946. The van der Waals surface area contributed by atoms with Gasteiger partial charge in [-0.15, -0.1) is 0 Å². The Balaban J connectivity index is 1.55. The average Bonchev–Trinajstić information content (AvgIpc) is 2.94. The van der Waals surface area contributed by atoms with Gasteiger partial charge in [0.2, 0.25) is 0 Å². The first-order valence-corrected chi connectivity index (χ1v) is 8.52. The standard InChI is InChI=1S/C18H20N2OS/c1-13(2)14-7-3-6-10-17(14)21-11-12-22-18-19-15-8-4-5-9-16(15)20-18/h3-10,13H,11-12H2,1-2H3,(H,19,20). The molecule has 0 aliphatic rings. The van der Waals surface area contributed by atoms with E-state index in [4.69, 9.17) is 4.74 Å². The number of nitrogens with one attached hydrogen (secondary N) is 1. The number of hydrogen-bond acceptors (Lipinski definition) is 3. The van der Waals surface area contributed by atoms with Crippen LogP contribution in [0.2, 0.25) is 0 Å². The van der Waals surface area contributed by atoms with Crippen molar-refractivity contribution in [2.75, 3.05) is 12.4 Å². The quantitative estimate of drug-likeness (QED) is 0.522. The first-order valence-electron chi connectivity index (χ1n) is 7.53. The lowest BCUT2D eigenvalue weighted by Gasteiger charge is -2.13. The molecule has 0 unspecified atom stereocenters. The van der Waals surface area contributed by atoms with Gasteiger partial charge in [-0.25, -0.2) is 4.98 Å². The Morgan fingerprint density at radius 1 is 1.09 bits per heavy atom. The van der Waals surface area contributed by atoms with E-state index in [-0.39, 0.29) is 0 Å². The third kappa shape index (κ3) is 3.45. The summed E-state index contributed by atoms with van der Waals surface area (Å²) < 4.78 is 5.93. The molecule has 3 aromatic rings. The Morgan fingerprint density at radius 3 is 2.68 bits per heavy atom. The topological polar surface area (TPSA) is 37.9 Å². The smallest absolute Gasteiger partial charge is 0.166 e. The Kier molecular flexibility index (Phi) is 4.68. The van der Waals surface area contributed by atoms with Crippen molar-refractivity contribution in [2.24, 2.45) is 0 Å². The molecule has 4 heteroatoms. The van der Waals surface area contributed by atoms with Gasteiger partial charge in [-0.1, -0.05) is 55.9 Å². The summed E-state index contributed by atoms with van der Waals surface area (Å²) >= 11 is 1.69. The van der Waals surface area contributed by atoms with Crippen LogP contribution in [0.1, 0.15) is 25.3 Å². The van der Waals surface area contributed by atoms with Crippen molar-refractivity contribution in [1.29, 1.82) is 0 Å². The summed E-state index contributed by atoms with van der Waals surface area (Å²) in [4.78, 5) is 7.88. The van der Waals surface area contributed by atoms with Crippen LogP contribution in [0.4, 0.5) is 0 Å². The van der Waals surface area contributed by atoms with E-state index in [1.807, 2.05) is 36.4 Å². The number of fused-ring (bicyclic) bond motifs is 1. The molecule has 22 heavy (non-hydrogen) atoms. The maximum atomic E-state index is 5.93. The highest BCUT2D eigenvalue weighted by Crippen LogP contribution is 2.26. The van der Waals surface area contributed by atoms with Crippen LogP contribution in [0.5, 0.6) is 5.75 Å². The van der Waals surface area contributed by atoms with Gasteiger partial charge < -0.3 is 9.72 Å². The van der Waals surface area contributed by atoms with Gasteiger partial charge in [0.1, 0.15) is 5.75 Å². The van der Waals surface area contributed by atoms with Gasteiger partial charge in [0, 0.05) is 5.75 Å². The van der Waals surface area contributed by atoms with Crippen LogP contribution in [0.15, 0.2) is 53.7 Å². The molecule has 0 fully saturated rings. The van der Waals surface area contributed by atoms with Crippen molar-refractivity contribution in [3.8, 4) is 5.75 Å². The molecular formula is C18H20N2OS. The summed E-state index contributed by atoms with van der Waals surface area (Å²) in [5.74, 6) is 2.33. The molecule has 2 aromatic carbocycles. The number of aromatic nitrogens is 2. The molecule has 0 bridgehead atoms. The van der Waals surface area contributed by atoms with Crippen molar-refractivity contribution in [3.63, 3.8) is 0 Å². The van der Waals surface area contributed by atoms with Crippen LogP contribution < -0.4 is 4.74 Å². The van der Waals surface area contributed by atoms with Crippen LogP contribution in [0.3, 0.4) is 0 Å². The number of hydrogen-bond donors (Lipinski definition) is 1. The summed E-state index contributed by atoms with van der Waals surface area (Å²) in [7, 11) is 0. The van der Waals surface area contributed by atoms with Crippen molar-refractivity contribution >= 4 is 22.8 Å². The molecular weight excluding hydrogens is 292 g/mol. The van der Waals surface area contributed by atoms with E-state index < -0.39 is 0 Å². The minimum Gasteiger partial charge on any atom is -0.492 e. The molecule has 1 aromatic heterocycles. The summed E-state index contributed by atoms with van der Waals surface area (Å²) in [6.45, 7) is 5.04. The molecule has 114 valence electrons. The van der Waals surface area contributed by atoms with E-state index in [2.05, 4.69) is 35.9 Å².